The van der Waals surface area contributed by atoms with Crippen molar-refractivity contribution in [3.05, 3.63) is 48.0 Å². The topological polar surface area (TPSA) is 36.7 Å². The van der Waals surface area contributed by atoms with E-state index in [0.29, 0.717) is 0 Å². The first kappa shape index (κ1) is 15.2. The Morgan fingerprint density at radius 3 is 2.62 bits per heavy atom. The zero-order chi connectivity index (χ0) is 16.7. The van der Waals surface area contributed by atoms with E-state index in [4.69, 9.17) is 5.10 Å². The molecule has 3 heterocycles. The zero-order valence-electron chi connectivity index (χ0n) is 13.7. The molecule has 0 spiro atoms. The highest BCUT2D eigenvalue weighted by Gasteiger charge is 2.17. The lowest BCUT2D eigenvalue weighted by molar-refractivity contribution is 0.960. The summed E-state index contributed by atoms with van der Waals surface area (Å²) >= 11 is 3.29. The maximum absolute atomic E-state index is 4.79. The molecule has 0 aliphatic carbocycles. The minimum atomic E-state index is 0.900. The van der Waals surface area contributed by atoms with Gasteiger partial charge in [-0.2, -0.15) is 0 Å². The molecule has 0 unspecified atom stereocenters. The molecule has 0 N–H and O–H groups in total. The van der Waals surface area contributed by atoms with Gasteiger partial charge in [-0.25, -0.2) is 9.50 Å². The molecule has 0 atom stereocenters. The van der Waals surface area contributed by atoms with Gasteiger partial charge in [0.05, 0.1) is 16.9 Å². The number of rotatable bonds is 4. The Bertz CT molecular complexity index is 968. The minimum Gasteiger partial charge on any atom is -0.377 e. The summed E-state index contributed by atoms with van der Waals surface area (Å²) < 4.78 is 1.94. The average molecular weight is 355 g/mol. The van der Waals surface area contributed by atoms with Crippen molar-refractivity contribution in [1.82, 2.24) is 14.6 Å². The van der Waals surface area contributed by atoms with Crippen molar-refractivity contribution in [3.8, 4) is 11.3 Å². The molecule has 1 aromatic carbocycles. The molecule has 0 aliphatic heterocycles. The van der Waals surface area contributed by atoms with E-state index in [9.17, 15) is 0 Å². The van der Waals surface area contributed by atoms with Gasteiger partial charge in [-0.1, -0.05) is 29.5 Å². The highest BCUT2D eigenvalue weighted by atomic mass is 32.1. The lowest BCUT2D eigenvalue weighted by Crippen LogP contribution is -2.10. The highest BCUT2D eigenvalue weighted by Crippen LogP contribution is 2.35. The Hall–Kier alpha value is -2.38. The monoisotopic (exact) mass is 355 g/mol. The third-order valence-corrected chi connectivity index (χ3v) is 5.80. The second kappa shape index (κ2) is 5.92. The van der Waals surface area contributed by atoms with Crippen LogP contribution in [0.15, 0.2) is 48.0 Å². The summed E-state index contributed by atoms with van der Waals surface area (Å²) in [6.45, 7) is 0. The number of para-hydroxylation sites is 1. The molecule has 24 heavy (non-hydrogen) atoms. The number of fused-ring (bicyclic) bond motifs is 1. The van der Waals surface area contributed by atoms with Gasteiger partial charge in [0.15, 0.2) is 0 Å². The molecule has 0 aliphatic rings. The summed E-state index contributed by atoms with van der Waals surface area (Å²) in [5.41, 5.74) is 3.29. The largest absolute Gasteiger partial charge is 0.377 e. The fourth-order valence-electron chi connectivity index (χ4n) is 2.64. The summed E-state index contributed by atoms with van der Waals surface area (Å²) in [4.78, 5) is 9.67. The van der Waals surface area contributed by atoms with Gasteiger partial charge in [0, 0.05) is 32.4 Å². The Kier molecular flexibility index (Phi) is 3.74. The predicted octanol–water partition coefficient (Wildman–Crippen LogP) is 4.35. The van der Waals surface area contributed by atoms with E-state index in [1.54, 1.807) is 22.7 Å². The highest BCUT2D eigenvalue weighted by molar-refractivity contribution is 7.21. The van der Waals surface area contributed by atoms with Crippen molar-refractivity contribution in [2.45, 2.75) is 0 Å². The quantitative estimate of drug-likeness (QED) is 0.545. The molecule has 5 nitrogen and oxygen atoms in total. The van der Waals surface area contributed by atoms with Crippen LogP contribution in [0.1, 0.15) is 0 Å². The van der Waals surface area contributed by atoms with Crippen LogP contribution in [0.5, 0.6) is 0 Å². The van der Waals surface area contributed by atoms with Crippen molar-refractivity contribution < 1.29 is 0 Å². The molecular formula is C17H17N5S2. The van der Waals surface area contributed by atoms with Gasteiger partial charge < -0.3 is 9.80 Å². The summed E-state index contributed by atoms with van der Waals surface area (Å²) in [5.74, 6) is 0. The summed E-state index contributed by atoms with van der Waals surface area (Å²) in [7, 11) is 6.14. The molecule has 0 radical (unpaired) electrons. The van der Waals surface area contributed by atoms with Crippen LogP contribution >= 0.6 is 22.7 Å². The van der Waals surface area contributed by atoms with Crippen LogP contribution < -0.4 is 9.80 Å². The Morgan fingerprint density at radius 1 is 1.04 bits per heavy atom. The molecular weight excluding hydrogens is 338 g/mol. The van der Waals surface area contributed by atoms with Gasteiger partial charge in [0.2, 0.25) is 10.1 Å². The Morgan fingerprint density at radius 2 is 1.88 bits per heavy atom. The van der Waals surface area contributed by atoms with E-state index in [0.717, 1.165) is 27.0 Å². The zero-order valence-corrected chi connectivity index (χ0v) is 15.3. The van der Waals surface area contributed by atoms with Crippen LogP contribution in [-0.2, 0) is 0 Å². The molecule has 0 saturated carbocycles. The van der Waals surface area contributed by atoms with Gasteiger partial charge in [-0.05, 0) is 23.6 Å². The average Bonchev–Trinajstić information content (AvgIpc) is 3.30. The summed E-state index contributed by atoms with van der Waals surface area (Å²) in [5, 5.41) is 8.97. The lowest BCUT2D eigenvalue weighted by Gasteiger charge is -2.16. The Balaban J connectivity index is 1.81. The SMILES string of the molecule is CN(C)c1ccccc1-c1cnc2sc(N(C)c3cccs3)nn12. The van der Waals surface area contributed by atoms with Crippen LogP contribution in [0.4, 0.5) is 15.8 Å². The first-order valence-electron chi connectivity index (χ1n) is 7.53. The van der Waals surface area contributed by atoms with Gasteiger partial charge in [-0.3, -0.25) is 0 Å². The maximum atomic E-state index is 4.79. The van der Waals surface area contributed by atoms with E-state index in [1.165, 1.54) is 5.00 Å². The van der Waals surface area contributed by atoms with E-state index in [2.05, 4.69) is 38.4 Å². The molecule has 4 rings (SSSR count). The molecule has 0 fully saturated rings. The van der Waals surface area contributed by atoms with E-state index < -0.39 is 0 Å². The normalized spacial score (nSPS) is 11.1. The molecule has 7 heteroatoms. The van der Waals surface area contributed by atoms with E-state index >= 15 is 0 Å². The van der Waals surface area contributed by atoms with Crippen molar-refractivity contribution in [2.24, 2.45) is 0 Å². The van der Waals surface area contributed by atoms with Gasteiger partial charge in [0.1, 0.15) is 0 Å². The van der Waals surface area contributed by atoms with Crippen LogP contribution in [0, 0.1) is 0 Å². The van der Waals surface area contributed by atoms with E-state index in [-0.39, 0.29) is 0 Å². The molecule has 3 aromatic heterocycles. The Labute approximate surface area is 148 Å². The first-order chi connectivity index (χ1) is 11.6. The predicted molar refractivity (Wildman–Crippen MR) is 103 cm³/mol. The number of thiophene rings is 1. The van der Waals surface area contributed by atoms with Crippen molar-refractivity contribution in [2.75, 3.05) is 30.9 Å². The van der Waals surface area contributed by atoms with Crippen molar-refractivity contribution >= 4 is 43.5 Å². The molecule has 0 saturated heterocycles. The van der Waals surface area contributed by atoms with Crippen LogP contribution in [-0.4, -0.2) is 35.7 Å². The van der Waals surface area contributed by atoms with Crippen molar-refractivity contribution in [1.29, 1.82) is 0 Å². The molecule has 0 amide bonds. The smallest absolute Gasteiger partial charge is 0.214 e. The number of hydrogen-bond acceptors (Lipinski definition) is 6. The summed E-state index contributed by atoms with van der Waals surface area (Å²) in [6, 6.07) is 12.5. The number of aromatic nitrogens is 3. The number of benzene rings is 1. The third kappa shape index (κ3) is 2.46. The number of anilines is 3. The lowest BCUT2D eigenvalue weighted by atomic mass is 10.1. The maximum Gasteiger partial charge on any atom is 0.214 e. The van der Waals surface area contributed by atoms with Crippen LogP contribution in [0.2, 0.25) is 0 Å². The first-order valence-corrected chi connectivity index (χ1v) is 9.23. The number of hydrogen-bond donors (Lipinski definition) is 0. The number of nitrogens with zero attached hydrogens (tertiary/aromatic N) is 5. The second-order valence-electron chi connectivity index (χ2n) is 5.64. The van der Waals surface area contributed by atoms with Gasteiger partial charge >= 0.3 is 0 Å². The van der Waals surface area contributed by atoms with Gasteiger partial charge in [0.25, 0.3) is 0 Å². The van der Waals surface area contributed by atoms with Crippen LogP contribution in [0.3, 0.4) is 0 Å². The molecule has 122 valence electrons. The fraction of sp³-hybridized carbons (Fsp3) is 0.176. The van der Waals surface area contributed by atoms with Crippen molar-refractivity contribution in [3.63, 3.8) is 0 Å². The standard InChI is InChI=1S/C17H17N5S2/c1-20(2)13-8-5-4-7-12(13)14-11-18-16-22(14)19-17(24-16)21(3)15-9-6-10-23-15/h4-11H,1-3H3. The third-order valence-electron chi connectivity index (χ3n) is 3.86. The minimum absolute atomic E-state index is 0.900. The van der Waals surface area contributed by atoms with E-state index in [1.807, 2.05) is 50.1 Å². The van der Waals surface area contributed by atoms with Gasteiger partial charge in [-0.15, -0.1) is 16.4 Å². The summed E-state index contributed by atoms with van der Waals surface area (Å²) in [6.07, 6.45) is 1.90. The molecule has 0 bridgehead atoms. The molecule has 4 aromatic rings. The number of imidazole rings is 1. The fourth-order valence-corrected chi connectivity index (χ4v) is 4.25. The van der Waals surface area contributed by atoms with Crippen LogP contribution in [0.25, 0.3) is 16.2 Å². The second-order valence-corrected chi connectivity index (χ2v) is 7.50.